The molecular formula is C22H22F3N5O4S. The number of aryl methyl sites for hydroxylation is 2. The number of nitrogens with zero attached hydrogens (tertiary/aromatic N) is 3. The van der Waals surface area contributed by atoms with Gasteiger partial charge < -0.3 is 10.5 Å². The summed E-state index contributed by atoms with van der Waals surface area (Å²) in [5.41, 5.74) is 9.38. The number of sulfonamides is 1. The Kier molecular flexibility index (Phi) is 7.41. The number of nitrogens with two attached hydrogens (primary N) is 1. The van der Waals surface area contributed by atoms with Crippen molar-refractivity contribution in [3.63, 3.8) is 0 Å². The Hall–Kier alpha value is -3.58. The summed E-state index contributed by atoms with van der Waals surface area (Å²) in [6.07, 6.45) is -3.50. The smallest absolute Gasteiger partial charge is 0.455 e. The molecule has 3 aromatic rings. The van der Waals surface area contributed by atoms with Gasteiger partial charge in [-0.25, -0.2) is 27.9 Å². The predicted molar refractivity (Wildman–Crippen MR) is 121 cm³/mol. The third kappa shape index (κ3) is 6.31. The van der Waals surface area contributed by atoms with Gasteiger partial charge in [-0.1, -0.05) is 6.07 Å². The SMILES string of the molecule is Cc1cc(-c2nc(-c3cc(S(=O)(=O)NC[C@@H](C)OC(=O)C(F)(F)F)ccc3C)cnc2N)ccn1. The Bertz CT molecular complexity index is 1360. The van der Waals surface area contributed by atoms with Gasteiger partial charge in [-0.05, 0) is 50.6 Å². The van der Waals surface area contributed by atoms with Crippen molar-refractivity contribution in [2.75, 3.05) is 12.3 Å². The lowest BCUT2D eigenvalue weighted by molar-refractivity contribution is -0.203. The van der Waals surface area contributed by atoms with Crippen LogP contribution in [0.3, 0.4) is 0 Å². The summed E-state index contributed by atoms with van der Waals surface area (Å²) in [5.74, 6) is -2.21. The molecule has 2 heterocycles. The van der Waals surface area contributed by atoms with Gasteiger partial charge in [0.05, 0.1) is 16.8 Å². The van der Waals surface area contributed by atoms with E-state index in [9.17, 15) is 26.4 Å². The highest BCUT2D eigenvalue weighted by molar-refractivity contribution is 7.89. The Morgan fingerprint density at radius 2 is 1.89 bits per heavy atom. The molecule has 0 spiro atoms. The van der Waals surface area contributed by atoms with Crippen molar-refractivity contribution in [2.45, 2.75) is 37.9 Å². The van der Waals surface area contributed by atoms with E-state index in [4.69, 9.17) is 5.73 Å². The molecule has 0 aliphatic heterocycles. The highest BCUT2D eigenvalue weighted by Gasteiger charge is 2.41. The molecule has 0 saturated heterocycles. The van der Waals surface area contributed by atoms with Crippen LogP contribution < -0.4 is 10.5 Å². The van der Waals surface area contributed by atoms with Crippen molar-refractivity contribution >= 4 is 21.8 Å². The number of anilines is 1. The van der Waals surface area contributed by atoms with E-state index in [0.717, 1.165) is 12.6 Å². The largest absolute Gasteiger partial charge is 0.490 e. The maximum Gasteiger partial charge on any atom is 0.490 e. The van der Waals surface area contributed by atoms with Crippen LogP contribution in [-0.4, -0.2) is 48.2 Å². The zero-order valence-electron chi connectivity index (χ0n) is 18.9. The second-order valence-corrected chi connectivity index (χ2v) is 9.48. The number of benzene rings is 1. The van der Waals surface area contributed by atoms with Gasteiger partial charge in [-0.2, -0.15) is 13.2 Å². The normalized spacial score (nSPS) is 12.9. The fraction of sp³-hybridized carbons (Fsp3) is 0.273. The number of ether oxygens (including phenoxy) is 1. The number of nitrogens with one attached hydrogen (secondary N) is 1. The van der Waals surface area contributed by atoms with Crippen LogP contribution >= 0.6 is 0 Å². The van der Waals surface area contributed by atoms with E-state index in [1.54, 1.807) is 31.3 Å². The van der Waals surface area contributed by atoms with Gasteiger partial charge in [-0.15, -0.1) is 0 Å². The number of carbonyl (C=O) groups is 1. The van der Waals surface area contributed by atoms with Gasteiger partial charge >= 0.3 is 12.1 Å². The van der Waals surface area contributed by atoms with Crippen molar-refractivity contribution in [1.29, 1.82) is 0 Å². The average molecular weight is 510 g/mol. The Labute approximate surface area is 199 Å². The van der Waals surface area contributed by atoms with E-state index in [2.05, 4.69) is 24.4 Å². The minimum absolute atomic E-state index is 0.160. The average Bonchev–Trinajstić information content (AvgIpc) is 2.78. The number of nitrogen functional groups attached to an aromatic ring is 1. The van der Waals surface area contributed by atoms with Gasteiger partial charge in [-0.3, -0.25) is 4.98 Å². The molecule has 0 aliphatic rings. The van der Waals surface area contributed by atoms with Crippen LogP contribution in [0.1, 0.15) is 18.2 Å². The molecule has 186 valence electrons. The van der Waals surface area contributed by atoms with Crippen LogP contribution in [0, 0.1) is 13.8 Å². The summed E-state index contributed by atoms with van der Waals surface area (Å²) in [7, 11) is -4.15. The molecule has 13 heteroatoms. The number of alkyl halides is 3. The van der Waals surface area contributed by atoms with E-state index in [-0.39, 0.29) is 10.7 Å². The minimum Gasteiger partial charge on any atom is -0.455 e. The van der Waals surface area contributed by atoms with Crippen LogP contribution in [0.5, 0.6) is 0 Å². The summed E-state index contributed by atoms with van der Waals surface area (Å²) in [4.78, 5) is 23.7. The molecule has 9 nitrogen and oxygen atoms in total. The van der Waals surface area contributed by atoms with E-state index in [1.807, 2.05) is 6.92 Å². The second-order valence-electron chi connectivity index (χ2n) is 7.72. The standard InChI is InChI=1S/C22H22F3N5O4S/c1-12-4-5-16(35(32,33)29-10-14(3)34-21(31)22(23,24)25)9-17(12)18-11-28-20(26)19(30-18)15-6-7-27-13(2)8-15/h4-9,11,14,29H,10H2,1-3H3,(H2,26,28)/t14-/m1/s1. The van der Waals surface area contributed by atoms with Crippen molar-refractivity contribution < 1.29 is 31.1 Å². The Morgan fingerprint density at radius 1 is 1.17 bits per heavy atom. The van der Waals surface area contributed by atoms with E-state index in [1.165, 1.54) is 18.3 Å². The van der Waals surface area contributed by atoms with Gasteiger partial charge in [0.1, 0.15) is 17.6 Å². The number of hydrogen-bond donors (Lipinski definition) is 2. The molecular weight excluding hydrogens is 487 g/mol. The van der Waals surface area contributed by atoms with Crippen molar-refractivity contribution in [3.05, 3.63) is 54.0 Å². The number of aromatic nitrogens is 3. The topological polar surface area (TPSA) is 137 Å². The third-order valence-corrected chi connectivity index (χ3v) is 6.29. The fourth-order valence-corrected chi connectivity index (χ4v) is 4.22. The molecule has 0 amide bonds. The van der Waals surface area contributed by atoms with Crippen molar-refractivity contribution in [3.8, 4) is 22.5 Å². The van der Waals surface area contributed by atoms with Crippen LogP contribution in [0.4, 0.5) is 19.0 Å². The zero-order chi connectivity index (χ0) is 26.0. The van der Waals surface area contributed by atoms with Crippen LogP contribution in [0.25, 0.3) is 22.5 Å². The monoisotopic (exact) mass is 509 g/mol. The Balaban J connectivity index is 1.87. The summed E-state index contributed by atoms with van der Waals surface area (Å²) < 4.78 is 68.9. The highest BCUT2D eigenvalue weighted by Crippen LogP contribution is 2.29. The summed E-state index contributed by atoms with van der Waals surface area (Å²) >= 11 is 0. The molecule has 3 N–H and O–H groups in total. The molecule has 3 rings (SSSR count). The van der Waals surface area contributed by atoms with E-state index in [0.29, 0.717) is 28.1 Å². The highest BCUT2D eigenvalue weighted by atomic mass is 32.2. The van der Waals surface area contributed by atoms with Crippen molar-refractivity contribution in [1.82, 2.24) is 19.7 Å². The summed E-state index contributed by atoms with van der Waals surface area (Å²) in [6.45, 7) is 4.15. The molecule has 0 bridgehead atoms. The number of carbonyl (C=O) groups excluding carboxylic acids is 1. The third-order valence-electron chi connectivity index (χ3n) is 4.87. The molecule has 0 unspecified atom stereocenters. The van der Waals surface area contributed by atoms with E-state index >= 15 is 0 Å². The number of pyridine rings is 1. The molecule has 0 aliphatic carbocycles. The molecule has 0 fully saturated rings. The first-order valence-electron chi connectivity index (χ1n) is 10.2. The summed E-state index contributed by atoms with van der Waals surface area (Å²) in [6, 6.07) is 7.78. The van der Waals surface area contributed by atoms with Gasteiger partial charge in [0.15, 0.2) is 0 Å². The lowest BCUT2D eigenvalue weighted by atomic mass is 10.1. The maximum atomic E-state index is 12.8. The quantitative estimate of drug-likeness (QED) is 0.464. The number of rotatable bonds is 7. The van der Waals surface area contributed by atoms with E-state index < -0.39 is 34.8 Å². The first kappa shape index (κ1) is 26.0. The molecule has 0 radical (unpaired) electrons. The minimum atomic E-state index is -5.17. The van der Waals surface area contributed by atoms with Crippen LogP contribution in [0.15, 0.2) is 47.6 Å². The number of esters is 1. The first-order valence-corrected chi connectivity index (χ1v) is 11.7. The molecule has 35 heavy (non-hydrogen) atoms. The second kappa shape index (κ2) is 9.96. The number of hydrogen-bond acceptors (Lipinski definition) is 8. The lowest BCUT2D eigenvalue weighted by Gasteiger charge is -2.16. The summed E-state index contributed by atoms with van der Waals surface area (Å²) in [5, 5.41) is 0. The van der Waals surface area contributed by atoms with Gasteiger partial charge in [0, 0.05) is 29.6 Å². The Morgan fingerprint density at radius 3 is 2.54 bits per heavy atom. The fourth-order valence-electron chi connectivity index (χ4n) is 3.08. The zero-order valence-corrected chi connectivity index (χ0v) is 19.7. The molecule has 0 saturated carbocycles. The number of halogens is 3. The molecule has 1 aromatic carbocycles. The predicted octanol–water partition coefficient (Wildman–Crippen LogP) is 3.18. The van der Waals surface area contributed by atoms with Crippen LogP contribution in [0.2, 0.25) is 0 Å². The molecule has 2 aromatic heterocycles. The van der Waals surface area contributed by atoms with Gasteiger partial charge in [0.25, 0.3) is 0 Å². The van der Waals surface area contributed by atoms with Crippen molar-refractivity contribution in [2.24, 2.45) is 0 Å². The van der Waals surface area contributed by atoms with Crippen LogP contribution in [-0.2, 0) is 19.6 Å². The lowest BCUT2D eigenvalue weighted by Crippen LogP contribution is -2.36. The first-order chi connectivity index (χ1) is 16.3. The maximum absolute atomic E-state index is 12.8. The van der Waals surface area contributed by atoms with Gasteiger partial charge in [0.2, 0.25) is 10.0 Å². The molecule has 1 atom stereocenters.